The molecule has 0 saturated carbocycles. The lowest BCUT2D eigenvalue weighted by atomic mass is 10.0. The lowest BCUT2D eigenvalue weighted by molar-refractivity contribution is -0.149. The number of aromatic nitrogens is 1. The Morgan fingerprint density at radius 1 is 1.28 bits per heavy atom. The summed E-state index contributed by atoms with van der Waals surface area (Å²) in [6.45, 7) is 1.57. The highest BCUT2D eigenvalue weighted by Crippen LogP contribution is 2.28. The molecule has 1 aliphatic heterocycles. The summed E-state index contributed by atoms with van der Waals surface area (Å²) in [6, 6.07) is 9.29. The van der Waals surface area contributed by atoms with Crippen molar-refractivity contribution >= 4 is 29.2 Å². The maximum atomic E-state index is 13.6. The van der Waals surface area contributed by atoms with Crippen molar-refractivity contribution in [2.45, 2.75) is 25.4 Å². The average molecular weight is 400 g/mol. The Hall–Kier alpha value is -3.33. The molecule has 1 unspecified atom stereocenters. The van der Waals surface area contributed by atoms with E-state index in [1.54, 1.807) is 24.3 Å². The summed E-state index contributed by atoms with van der Waals surface area (Å²) >= 11 is 0. The van der Waals surface area contributed by atoms with Crippen LogP contribution in [0.4, 0.5) is 15.9 Å². The van der Waals surface area contributed by atoms with Gasteiger partial charge >= 0.3 is 0 Å². The first-order chi connectivity index (χ1) is 13.8. The Morgan fingerprint density at radius 3 is 2.69 bits per heavy atom. The lowest BCUT2D eigenvalue weighted by Crippen LogP contribution is -2.52. The van der Waals surface area contributed by atoms with Crippen molar-refractivity contribution < 1.29 is 23.9 Å². The average Bonchev–Trinajstić information content (AvgIpc) is 2.99. The molecule has 0 bridgehead atoms. The highest BCUT2D eigenvalue weighted by molar-refractivity contribution is 6.16. The minimum absolute atomic E-state index is 0.0786. The number of pyridine rings is 1. The third-order valence-electron chi connectivity index (χ3n) is 4.67. The zero-order chi connectivity index (χ0) is 21.0. The standard InChI is InChI=1S/C20H21FN4O4/c1-13(26)24-17-7-6-15(12-23-17)25-11-9-20(29,19(25)28)18(27)22-10-8-14-4-2-3-5-16(14)21/h2-7,12,29H,8-11H2,1H3,(H,22,27)(H,23,24,26). The van der Waals surface area contributed by atoms with Crippen LogP contribution in [-0.2, 0) is 20.8 Å². The van der Waals surface area contributed by atoms with Gasteiger partial charge in [0.05, 0.1) is 11.9 Å². The Bertz CT molecular complexity index is 934. The number of nitrogens with one attached hydrogen (secondary N) is 2. The van der Waals surface area contributed by atoms with Gasteiger partial charge in [0.1, 0.15) is 11.6 Å². The maximum absolute atomic E-state index is 13.6. The number of amides is 3. The number of halogens is 1. The second kappa shape index (κ2) is 8.36. The van der Waals surface area contributed by atoms with Gasteiger partial charge < -0.3 is 20.6 Å². The number of anilines is 2. The van der Waals surface area contributed by atoms with Gasteiger partial charge in [0.15, 0.2) is 0 Å². The van der Waals surface area contributed by atoms with Gasteiger partial charge in [0.25, 0.3) is 11.8 Å². The number of hydrogen-bond acceptors (Lipinski definition) is 5. The van der Waals surface area contributed by atoms with Gasteiger partial charge in [-0.1, -0.05) is 18.2 Å². The van der Waals surface area contributed by atoms with E-state index in [2.05, 4.69) is 15.6 Å². The summed E-state index contributed by atoms with van der Waals surface area (Å²) in [5.41, 5.74) is -1.35. The Labute approximate surface area is 166 Å². The van der Waals surface area contributed by atoms with E-state index in [4.69, 9.17) is 0 Å². The van der Waals surface area contributed by atoms with Gasteiger partial charge in [-0.15, -0.1) is 0 Å². The highest BCUT2D eigenvalue weighted by Gasteiger charge is 2.51. The third-order valence-corrected chi connectivity index (χ3v) is 4.67. The van der Waals surface area contributed by atoms with Crippen LogP contribution >= 0.6 is 0 Å². The zero-order valence-electron chi connectivity index (χ0n) is 15.8. The lowest BCUT2D eigenvalue weighted by Gasteiger charge is -2.21. The van der Waals surface area contributed by atoms with Crippen LogP contribution in [0.15, 0.2) is 42.6 Å². The van der Waals surface area contributed by atoms with E-state index in [0.29, 0.717) is 17.1 Å². The number of benzene rings is 1. The summed E-state index contributed by atoms with van der Waals surface area (Å²) < 4.78 is 13.6. The number of carbonyl (C=O) groups excluding carboxylic acids is 3. The normalized spacial score (nSPS) is 18.6. The van der Waals surface area contributed by atoms with Crippen molar-refractivity contribution in [3.8, 4) is 0 Å². The first-order valence-corrected chi connectivity index (χ1v) is 9.11. The van der Waals surface area contributed by atoms with Crippen LogP contribution in [0.5, 0.6) is 0 Å². The summed E-state index contributed by atoms with van der Waals surface area (Å²) in [6.07, 6.45) is 1.54. The Morgan fingerprint density at radius 2 is 2.03 bits per heavy atom. The van der Waals surface area contributed by atoms with Crippen molar-refractivity contribution in [3.05, 3.63) is 54.0 Å². The molecular weight excluding hydrogens is 379 g/mol. The Kier molecular flexibility index (Phi) is 5.88. The second-order valence-electron chi connectivity index (χ2n) is 6.75. The molecule has 1 saturated heterocycles. The van der Waals surface area contributed by atoms with Crippen molar-refractivity contribution in [3.63, 3.8) is 0 Å². The minimum atomic E-state index is -2.19. The van der Waals surface area contributed by atoms with Gasteiger partial charge in [-0.3, -0.25) is 14.4 Å². The van der Waals surface area contributed by atoms with Crippen LogP contribution in [0, 0.1) is 5.82 Å². The van der Waals surface area contributed by atoms with Gasteiger partial charge in [-0.25, -0.2) is 9.37 Å². The molecule has 3 N–H and O–H groups in total. The molecule has 3 rings (SSSR count). The number of nitrogens with zero attached hydrogens (tertiary/aromatic N) is 2. The van der Waals surface area contributed by atoms with E-state index in [1.165, 1.54) is 30.2 Å². The van der Waals surface area contributed by atoms with Crippen LogP contribution in [0.2, 0.25) is 0 Å². The van der Waals surface area contributed by atoms with Crippen molar-refractivity contribution in [1.29, 1.82) is 0 Å². The summed E-state index contributed by atoms with van der Waals surface area (Å²) in [4.78, 5) is 41.5. The Balaban J connectivity index is 1.61. The molecule has 152 valence electrons. The van der Waals surface area contributed by atoms with E-state index >= 15 is 0 Å². The van der Waals surface area contributed by atoms with E-state index < -0.39 is 17.4 Å². The predicted octanol–water partition coefficient (Wildman–Crippen LogP) is 1.01. The first kappa shape index (κ1) is 20.4. The molecule has 0 radical (unpaired) electrons. The van der Waals surface area contributed by atoms with Crippen LogP contribution < -0.4 is 15.5 Å². The van der Waals surface area contributed by atoms with Crippen molar-refractivity contribution in [2.24, 2.45) is 0 Å². The molecule has 1 fully saturated rings. The van der Waals surface area contributed by atoms with Crippen LogP contribution in [0.25, 0.3) is 0 Å². The van der Waals surface area contributed by atoms with Crippen LogP contribution in [-0.4, -0.2) is 46.5 Å². The van der Waals surface area contributed by atoms with Crippen molar-refractivity contribution in [2.75, 3.05) is 23.3 Å². The number of hydrogen-bond donors (Lipinski definition) is 3. The number of rotatable bonds is 6. The first-order valence-electron chi connectivity index (χ1n) is 9.11. The van der Waals surface area contributed by atoms with E-state index in [0.717, 1.165) is 0 Å². The minimum Gasteiger partial charge on any atom is -0.372 e. The molecule has 0 spiro atoms. The molecule has 1 atom stereocenters. The third kappa shape index (κ3) is 4.40. The molecular formula is C20H21FN4O4. The van der Waals surface area contributed by atoms with Gasteiger partial charge in [-0.05, 0) is 30.2 Å². The van der Waals surface area contributed by atoms with Gasteiger partial charge in [-0.2, -0.15) is 0 Å². The molecule has 1 aromatic heterocycles. The summed E-state index contributed by atoms with van der Waals surface area (Å²) in [7, 11) is 0. The molecule has 1 aromatic carbocycles. The summed E-state index contributed by atoms with van der Waals surface area (Å²) in [5, 5.41) is 15.7. The molecule has 29 heavy (non-hydrogen) atoms. The second-order valence-corrected chi connectivity index (χ2v) is 6.75. The fraction of sp³-hybridized carbons (Fsp3) is 0.300. The monoisotopic (exact) mass is 400 g/mol. The molecule has 8 nitrogen and oxygen atoms in total. The molecule has 1 aliphatic rings. The van der Waals surface area contributed by atoms with E-state index in [1.807, 2.05) is 0 Å². The molecule has 3 amide bonds. The molecule has 0 aliphatic carbocycles. The fourth-order valence-electron chi connectivity index (χ4n) is 3.12. The number of aliphatic hydroxyl groups is 1. The van der Waals surface area contributed by atoms with Crippen LogP contribution in [0.1, 0.15) is 18.9 Å². The van der Waals surface area contributed by atoms with Crippen LogP contribution in [0.3, 0.4) is 0 Å². The van der Waals surface area contributed by atoms with Gasteiger partial charge in [0, 0.05) is 26.4 Å². The SMILES string of the molecule is CC(=O)Nc1ccc(N2CCC(O)(C(=O)NCCc3ccccc3F)C2=O)cn1. The van der Waals surface area contributed by atoms with Gasteiger partial charge in [0.2, 0.25) is 11.5 Å². The number of carbonyl (C=O) groups is 3. The largest absolute Gasteiger partial charge is 0.372 e. The molecule has 2 heterocycles. The maximum Gasteiger partial charge on any atom is 0.268 e. The smallest absolute Gasteiger partial charge is 0.268 e. The van der Waals surface area contributed by atoms with E-state index in [-0.39, 0.29) is 37.7 Å². The fourth-order valence-corrected chi connectivity index (χ4v) is 3.12. The highest BCUT2D eigenvalue weighted by atomic mass is 19.1. The van der Waals surface area contributed by atoms with E-state index in [9.17, 15) is 23.9 Å². The van der Waals surface area contributed by atoms with Crippen molar-refractivity contribution in [1.82, 2.24) is 10.3 Å². The summed E-state index contributed by atoms with van der Waals surface area (Å²) in [5.74, 6) is -1.89. The molecule has 9 heteroatoms. The predicted molar refractivity (Wildman–Crippen MR) is 104 cm³/mol. The topological polar surface area (TPSA) is 112 Å². The zero-order valence-corrected chi connectivity index (χ0v) is 15.8. The molecule has 2 aromatic rings. The quantitative estimate of drug-likeness (QED) is 0.627.